The van der Waals surface area contributed by atoms with Gasteiger partial charge in [-0.2, -0.15) is 0 Å². The highest BCUT2D eigenvalue weighted by atomic mass is 19.1. The topological polar surface area (TPSA) is 49.6 Å². The van der Waals surface area contributed by atoms with Gasteiger partial charge >= 0.3 is 0 Å². The summed E-state index contributed by atoms with van der Waals surface area (Å²) in [5, 5.41) is 4.35. The molecular weight excluding hydrogens is 369 g/mol. The Morgan fingerprint density at radius 2 is 1.76 bits per heavy atom. The van der Waals surface area contributed by atoms with Crippen LogP contribution in [0.3, 0.4) is 0 Å². The lowest BCUT2D eigenvalue weighted by Crippen LogP contribution is -2.37. The van der Waals surface area contributed by atoms with Crippen LogP contribution in [-0.4, -0.2) is 35.1 Å². The van der Waals surface area contributed by atoms with E-state index in [1.54, 1.807) is 12.1 Å². The van der Waals surface area contributed by atoms with Gasteiger partial charge in [-0.05, 0) is 63.8 Å². The van der Waals surface area contributed by atoms with Crippen LogP contribution in [0.1, 0.15) is 57.9 Å². The van der Waals surface area contributed by atoms with Gasteiger partial charge in [-0.3, -0.25) is 4.79 Å². The van der Waals surface area contributed by atoms with E-state index in [1.165, 1.54) is 12.1 Å². The number of hydrogen-bond donors (Lipinski definition) is 0. The first-order chi connectivity index (χ1) is 14.1. The molecule has 2 aromatic rings. The van der Waals surface area contributed by atoms with Crippen molar-refractivity contribution in [2.24, 2.45) is 5.92 Å². The van der Waals surface area contributed by atoms with E-state index in [9.17, 15) is 9.18 Å². The highest BCUT2D eigenvalue weighted by Gasteiger charge is 2.38. The third kappa shape index (κ3) is 4.16. The van der Waals surface area contributed by atoms with Crippen molar-refractivity contribution in [1.29, 1.82) is 0 Å². The van der Waals surface area contributed by atoms with Gasteiger partial charge in [0.2, 0.25) is 11.8 Å². The van der Waals surface area contributed by atoms with Gasteiger partial charge in [0.1, 0.15) is 11.5 Å². The molecule has 2 fully saturated rings. The van der Waals surface area contributed by atoms with Crippen molar-refractivity contribution in [2.45, 2.75) is 65.0 Å². The molecule has 0 spiro atoms. The quantitative estimate of drug-likeness (QED) is 0.626. The van der Waals surface area contributed by atoms with Crippen molar-refractivity contribution in [1.82, 2.24) is 10.1 Å². The van der Waals surface area contributed by atoms with Crippen molar-refractivity contribution in [3.05, 3.63) is 35.6 Å². The second-order valence-electron chi connectivity index (χ2n) is 8.17. The Balaban J connectivity index is 1.70. The van der Waals surface area contributed by atoms with Crippen LogP contribution in [0.25, 0.3) is 11.3 Å². The Hall–Kier alpha value is -2.37. The van der Waals surface area contributed by atoms with E-state index in [2.05, 4.69) is 28.8 Å². The molecule has 0 atom stereocenters. The zero-order chi connectivity index (χ0) is 20.4. The fourth-order valence-corrected chi connectivity index (χ4v) is 4.39. The Labute approximate surface area is 171 Å². The monoisotopic (exact) mass is 399 g/mol. The van der Waals surface area contributed by atoms with Gasteiger partial charge in [0.15, 0.2) is 0 Å². The number of anilines is 1. The van der Waals surface area contributed by atoms with E-state index in [1.807, 2.05) is 0 Å². The molecule has 5 nitrogen and oxygen atoms in total. The molecule has 2 aliphatic carbocycles. The number of hydrogen-bond acceptors (Lipinski definition) is 4. The molecule has 29 heavy (non-hydrogen) atoms. The highest BCUT2D eigenvalue weighted by Crippen LogP contribution is 2.38. The smallest absolute Gasteiger partial charge is 0.232 e. The third-order valence-corrected chi connectivity index (χ3v) is 6.24. The molecule has 6 heteroatoms. The highest BCUT2D eigenvalue weighted by molar-refractivity contribution is 5.80. The van der Waals surface area contributed by atoms with Crippen LogP contribution in [0.2, 0.25) is 0 Å². The largest absolute Gasteiger partial charge is 0.341 e. The number of amides is 1. The fraction of sp³-hybridized carbons (Fsp3) is 0.565. The summed E-state index contributed by atoms with van der Waals surface area (Å²) in [5.41, 5.74) is 2.45. The number of rotatable bonds is 8. The number of benzene rings is 1. The zero-order valence-corrected chi connectivity index (χ0v) is 17.4. The van der Waals surface area contributed by atoms with Crippen molar-refractivity contribution < 1.29 is 13.7 Å². The molecule has 0 saturated heterocycles. The summed E-state index contributed by atoms with van der Waals surface area (Å²) in [4.78, 5) is 17.5. The Morgan fingerprint density at radius 3 is 2.34 bits per heavy atom. The van der Waals surface area contributed by atoms with Crippen LogP contribution in [0.15, 0.2) is 28.8 Å². The summed E-state index contributed by atoms with van der Waals surface area (Å²) in [6.45, 7) is 6.25. The molecule has 2 saturated carbocycles. The van der Waals surface area contributed by atoms with E-state index in [-0.39, 0.29) is 17.6 Å². The molecular formula is C23H30FN3O2. The molecule has 0 unspecified atom stereocenters. The number of nitrogens with zero attached hydrogens (tertiary/aromatic N) is 3. The standard InChI is InChI=1S/C23H30FN3O2/c1-3-26(4-2)23-20(21(25-29-23)16-9-11-18(24)12-10-16)15-27(19-13-14-19)22(28)17-7-5-6-8-17/h9-12,17,19H,3-8,13-15H2,1-2H3. The van der Waals surface area contributed by atoms with Crippen LogP contribution in [0, 0.1) is 11.7 Å². The minimum Gasteiger partial charge on any atom is -0.341 e. The van der Waals surface area contributed by atoms with Crippen LogP contribution in [0.4, 0.5) is 10.3 Å². The Kier molecular flexibility index (Phi) is 5.88. The molecule has 0 bridgehead atoms. The molecule has 0 aliphatic heterocycles. The normalized spacial score (nSPS) is 16.9. The minimum atomic E-state index is -0.279. The lowest BCUT2D eigenvalue weighted by molar-refractivity contribution is -0.136. The number of halogens is 1. The predicted octanol–water partition coefficient (Wildman–Crippen LogP) is 5.01. The van der Waals surface area contributed by atoms with Crippen molar-refractivity contribution in [3.8, 4) is 11.3 Å². The number of carbonyl (C=O) groups is 1. The van der Waals surface area contributed by atoms with Crippen LogP contribution in [-0.2, 0) is 11.3 Å². The number of carbonyl (C=O) groups excluding carboxylic acids is 1. The second kappa shape index (κ2) is 8.56. The second-order valence-corrected chi connectivity index (χ2v) is 8.17. The summed E-state index contributed by atoms with van der Waals surface area (Å²) in [5.74, 6) is 0.876. The van der Waals surface area contributed by atoms with Crippen molar-refractivity contribution >= 4 is 11.8 Å². The molecule has 1 aromatic carbocycles. The van der Waals surface area contributed by atoms with Gasteiger partial charge in [0.05, 0.1) is 12.1 Å². The molecule has 0 radical (unpaired) electrons. The van der Waals surface area contributed by atoms with Gasteiger partial charge in [-0.1, -0.05) is 18.0 Å². The van der Waals surface area contributed by atoms with Gasteiger partial charge in [-0.25, -0.2) is 4.39 Å². The maximum Gasteiger partial charge on any atom is 0.232 e. The van der Waals surface area contributed by atoms with Gasteiger partial charge in [0.25, 0.3) is 0 Å². The van der Waals surface area contributed by atoms with E-state index in [4.69, 9.17) is 4.52 Å². The Morgan fingerprint density at radius 1 is 1.10 bits per heavy atom. The molecule has 1 aromatic heterocycles. The van der Waals surface area contributed by atoms with Crippen molar-refractivity contribution in [3.63, 3.8) is 0 Å². The van der Waals surface area contributed by atoms with Crippen LogP contribution >= 0.6 is 0 Å². The maximum atomic E-state index is 13.4. The summed E-state index contributed by atoms with van der Waals surface area (Å²) in [6, 6.07) is 6.65. The molecule has 0 N–H and O–H groups in total. The van der Waals surface area contributed by atoms with E-state index >= 15 is 0 Å². The van der Waals surface area contributed by atoms with E-state index < -0.39 is 0 Å². The minimum absolute atomic E-state index is 0.154. The van der Waals surface area contributed by atoms with Gasteiger partial charge in [-0.15, -0.1) is 0 Å². The average molecular weight is 400 g/mol. The summed E-state index contributed by atoms with van der Waals surface area (Å²) in [7, 11) is 0. The first kappa shape index (κ1) is 19.9. The molecule has 1 amide bonds. The van der Waals surface area contributed by atoms with Gasteiger partial charge in [0, 0.05) is 30.6 Å². The first-order valence-corrected chi connectivity index (χ1v) is 10.9. The summed E-state index contributed by atoms with van der Waals surface area (Å²) in [6.07, 6.45) is 6.42. The molecule has 4 rings (SSSR count). The van der Waals surface area contributed by atoms with Crippen LogP contribution in [0.5, 0.6) is 0 Å². The first-order valence-electron chi connectivity index (χ1n) is 10.9. The predicted molar refractivity (Wildman–Crippen MR) is 111 cm³/mol. The molecule has 156 valence electrons. The van der Waals surface area contributed by atoms with E-state index in [0.29, 0.717) is 18.3 Å². The van der Waals surface area contributed by atoms with E-state index in [0.717, 1.165) is 68.6 Å². The summed E-state index contributed by atoms with van der Waals surface area (Å²) < 4.78 is 19.2. The fourth-order valence-electron chi connectivity index (χ4n) is 4.39. The SMILES string of the molecule is CCN(CC)c1onc(-c2ccc(F)cc2)c1CN(C(=O)C1CCCC1)C1CC1. The average Bonchev–Trinajstić information content (AvgIpc) is 3.26. The van der Waals surface area contributed by atoms with Gasteiger partial charge < -0.3 is 14.3 Å². The zero-order valence-electron chi connectivity index (χ0n) is 17.4. The number of aromatic nitrogens is 1. The maximum absolute atomic E-state index is 13.4. The molecule has 1 heterocycles. The van der Waals surface area contributed by atoms with Crippen LogP contribution < -0.4 is 4.90 Å². The lowest BCUT2D eigenvalue weighted by Gasteiger charge is -2.27. The third-order valence-electron chi connectivity index (χ3n) is 6.24. The lowest BCUT2D eigenvalue weighted by atomic mass is 10.0. The Bertz CT molecular complexity index is 834. The summed E-state index contributed by atoms with van der Waals surface area (Å²) >= 11 is 0. The molecule has 2 aliphatic rings. The van der Waals surface area contributed by atoms with Crippen molar-refractivity contribution in [2.75, 3.05) is 18.0 Å².